The van der Waals surface area contributed by atoms with Crippen molar-refractivity contribution in [3.8, 4) is 0 Å². The summed E-state index contributed by atoms with van der Waals surface area (Å²) in [5, 5.41) is 10.2. The van der Waals surface area contributed by atoms with Gasteiger partial charge in [-0.05, 0) is 17.7 Å². The molecule has 1 N–H and O–H groups in total. The van der Waals surface area contributed by atoms with Crippen molar-refractivity contribution in [2.24, 2.45) is 0 Å². The molecule has 4 heteroatoms. The lowest BCUT2D eigenvalue weighted by Crippen LogP contribution is -2.05. The first-order chi connectivity index (χ1) is 6.79. The third-order valence-electron chi connectivity index (χ3n) is 2.10. The van der Waals surface area contributed by atoms with E-state index in [1.807, 2.05) is 35.7 Å². The Hall–Kier alpha value is 0.170. The Morgan fingerprint density at radius 2 is 2.07 bits per heavy atom. The smallest absolute Gasteiger partial charge is 0.0755 e. The Bertz CT molecular complexity index is 301. The molecule has 14 heavy (non-hydrogen) atoms. The Morgan fingerprint density at radius 3 is 2.64 bits per heavy atom. The molecular formula is C10H11ClOS2. The topological polar surface area (TPSA) is 20.2 Å². The number of hydrogen-bond acceptors (Lipinski definition) is 3. The maximum Gasteiger partial charge on any atom is 0.0755 e. The van der Waals surface area contributed by atoms with Gasteiger partial charge in [0, 0.05) is 16.0 Å². The first kappa shape index (κ1) is 10.7. The molecule has 2 unspecified atom stereocenters. The van der Waals surface area contributed by atoms with Crippen molar-refractivity contribution < 1.29 is 5.11 Å². The van der Waals surface area contributed by atoms with E-state index in [0.29, 0.717) is 9.83 Å². The Labute approximate surface area is 97.2 Å². The molecule has 0 bridgehead atoms. The fraction of sp³-hybridized carbons (Fsp3) is 0.400. The van der Waals surface area contributed by atoms with E-state index >= 15 is 0 Å². The Morgan fingerprint density at radius 1 is 1.36 bits per heavy atom. The zero-order valence-corrected chi connectivity index (χ0v) is 9.91. The highest BCUT2D eigenvalue weighted by Gasteiger charge is 2.26. The highest BCUT2D eigenvalue weighted by Crippen LogP contribution is 2.49. The third-order valence-corrected chi connectivity index (χ3v) is 5.69. The quantitative estimate of drug-likeness (QED) is 0.866. The van der Waals surface area contributed by atoms with Gasteiger partial charge in [-0.25, -0.2) is 0 Å². The molecule has 1 nitrogen and oxygen atoms in total. The molecule has 0 saturated carbocycles. The van der Waals surface area contributed by atoms with Crippen molar-refractivity contribution in [1.29, 1.82) is 0 Å². The summed E-state index contributed by atoms with van der Waals surface area (Å²) in [5.41, 5.74) is 1.29. The summed E-state index contributed by atoms with van der Waals surface area (Å²) in [4.78, 5) is 0. The SMILES string of the molecule is OCC1CSC(c2ccc(Cl)cc2)S1. The normalized spacial score (nSPS) is 26.7. The van der Waals surface area contributed by atoms with Gasteiger partial charge in [0.1, 0.15) is 0 Å². The molecule has 76 valence electrons. The van der Waals surface area contributed by atoms with E-state index in [0.717, 1.165) is 10.8 Å². The maximum absolute atomic E-state index is 9.02. The van der Waals surface area contributed by atoms with Crippen LogP contribution in [0.5, 0.6) is 0 Å². The van der Waals surface area contributed by atoms with Crippen molar-refractivity contribution in [1.82, 2.24) is 0 Å². The van der Waals surface area contributed by atoms with Crippen LogP contribution in [0.15, 0.2) is 24.3 Å². The second kappa shape index (κ2) is 4.79. The van der Waals surface area contributed by atoms with Gasteiger partial charge in [0.2, 0.25) is 0 Å². The molecule has 0 spiro atoms. The van der Waals surface area contributed by atoms with Crippen LogP contribution in [-0.4, -0.2) is 22.7 Å². The van der Waals surface area contributed by atoms with Gasteiger partial charge in [0.15, 0.2) is 0 Å². The molecule has 1 aromatic rings. The van der Waals surface area contributed by atoms with E-state index < -0.39 is 0 Å². The van der Waals surface area contributed by atoms with E-state index in [9.17, 15) is 0 Å². The summed E-state index contributed by atoms with van der Waals surface area (Å²) in [7, 11) is 0. The second-order valence-corrected chi connectivity index (χ2v) is 6.44. The molecular weight excluding hydrogens is 236 g/mol. The monoisotopic (exact) mass is 246 g/mol. The van der Waals surface area contributed by atoms with Gasteiger partial charge in [0.25, 0.3) is 0 Å². The van der Waals surface area contributed by atoms with E-state index in [1.165, 1.54) is 5.56 Å². The number of hydrogen-bond donors (Lipinski definition) is 1. The molecule has 1 aliphatic heterocycles. The van der Waals surface area contributed by atoms with Gasteiger partial charge in [0.05, 0.1) is 11.2 Å². The lowest BCUT2D eigenvalue weighted by Gasteiger charge is -2.08. The zero-order valence-electron chi connectivity index (χ0n) is 7.52. The molecule has 1 aromatic carbocycles. The fourth-order valence-corrected chi connectivity index (χ4v) is 4.63. The zero-order chi connectivity index (χ0) is 9.97. The summed E-state index contributed by atoms with van der Waals surface area (Å²) >= 11 is 9.55. The number of halogens is 1. The van der Waals surface area contributed by atoms with Gasteiger partial charge in [-0.2, -0.15) is 0 Å². The van der Waals surface area contributed by atoms with Gasteiger partial charge in [-0.3, -0.25) is 0 Å². The number of benzene rings is 1. The van der Waals surface area contributed by atoms with Crippen LogP contribution in [0.2, 0.25) is 5.02 Å². The van der Waals surface area contributed by atoms with Crippen molar-refractivity contribution in [3.05, 3.63) is 34.9 Å². The third kappa shape index (κ3) is 2.40. The predicted molar refractivity (Wildman–Crippen MR) is 65.1 cm³/mol. The van der Waals surface area contributed by atoms with Crippen molar-refractivity contribution in [2.75, 3.05) is 12.4 Å². The van der Waals surface area contributed by atoms with E-state index in [1.54, 1.807) is 0 Å². The average molecular weight is 247 g/mol. The molecule has 1 heterocycles. The minimum atomic E-state index is 0.280. The number of aliphatic hydroxyl groups is 1. The van der Waals surface area contributed by atoms with Gasteiger partial charge in [-0.1, -0.05) is 23.7 Å². The number of rotatable bonds is 2. The van der Waals surface area contributed by atoms with Crippen molar-refractivity contribution >= 4 is 35.1 Å². The molecule has 1 saturated heterocycles. The van der Waals surface area contributed by atoms with Crippen LogP contribution in [0.4, 0.5) is 0 Å². The van der Waals surface area contributed by atoms with Gasteiger partial charge < -0.3 is 5.11 Å². The van der Waals surface area contributed by atoms with Crippen LogP contribution in [0.1, 0.15) is 10.1 Å². The standard InChI is InChI=1S/C10H11ClOS2/c11-8-3-1-7(2-4-8)10-13-6-9(5-12)14-10/h1-4,9-10,12H,5-6H2. The molecule has 0 aliphatic carbocycles. The molecule has 1 fully saturated rings. The fourth-order valence-electron chi connectivity index (χ4n) is 1.34. The van der Waals surface area contributed by atoms with Crippen LogP contribution >= 0.6 is 35.1 Å². The summed E-state index contributed by atoms with van der Waals surface area (Å²) in [5.74, 6) is 1.04. The predicted octanol–water partition coefficient (Wildman–Crippen LogP) is 3.18. The molecule has 2 atom stereocenters. The maximum atomic E-state index is 9.02. The lowest BCUT2D eigenvalue weighted by molar-refractivity contribution is 0.301. The molecule has 2 rings (SSSR count). The minimum absolute atomic E-state index is 0.280. The van der Waals surface area contributed by atoms with E-state index in [4.69, 9.17) is 16.7 Å². The number of thioether (sulfide) groups is 2. The summed E-state index contributed by atoms with van der Waals surface area (Å²) < 4.78 is 0.462. The van der Waals surface area contributed by atoms with Crippen LogP contribution in [-0.2, 0) is 0 Å². The average Bonchev–Trinajstić information content (AvgIpc) is 2.67. The van der Waals surface area contributed by atoms with Crippen LogP contribution in [0.3, 0.4) is 0 Å². The first-order valence-corrected chi connectivity index (χ1v) is 6.80. The van der Waals surface area contributed by atoms with Gasteiger partial charge in [-0.15, -0.1) is 23.5 Å². The van der Waals surface area contributed by atoms with Gasteiger partial charge >= 0.3 is 0 Å². The van der Waals surface area contributed by atoms with Crippen LogP contribution in [0.25, 0.3) is 0 Å². The summed E-state index contributed by atoms with van der Waals surface area (Å²) in [6.45, 7) is 0.280. The number of aliphatic hydroxyl groups excluding tert-OH is 1. The van der Waals surface area contributed by atoms with E-state index in [-0.39, 0.29) is 6.61 Å². The lowest BCUT2D eigenvalue weighted by atomic mass is 10.2. The summed E-state index contributed by atoms with van der Waals surface area (Å²) in [6, 6.07) is 7.97. The van der Waals surface area contributed by atoms with Crippen molar-refractivity contribution in [2.45, 2.75) is 9.83 Å². The molecule has 1 aliphatic rings. The Balaban J connectivity index is 2.06. The second-order valence-electron chi connectivity index (χ2n) is 3.16. The largest absolute Gasteiger partial charge is 0.395 e. The van der Waals surface area contributed by atoms with Crippen molar-refractivity contribution in [3.63, 3.8) is 0 Å². The van der Waals surface area contributed by atoms with Crippen LogP contribution < -0.4 is 0 Å². The molecule has 0 amide bonds. The Kier molecular flexibility index (Phi) is 3.66. The first-order valence-electron chi connectivity index (χ1n) is 4.43. The molecule has 0 aromatic heterocycles. The molecule has 0 radical (unpaired) electrons. The highest BCUT2D eigenvalue weighted by molar-refractivity contribution is 8.19. The van der Waals surface area contributed by atoms with E-state index in [2.05, 4.69) is 12.1 Å². The minimum Gasteiger partial charge on any atom is -0.395 e. The highest BCUT2D eigenvalue weighted by atomic mass is 35.5. The summed E-state index contributed by atoms with van der Waals surface area (Å²) in [6.07, 6.45) is 0. The van der Waals surface area contributed by atoms with Crippen LogP contribution in [0, 0.1) is 0 Å².